The van der Waals surface area contributed by atoms with E-state index in [2.05, 4.69) is 9.71 Å². The van der Waals surface area contributed by atoms with E-state index in [1.54, 1.807) is 4.57 Å². The largest absolute Gasteiger partial charge is 0.486 e. The third-order valence-electron chi connectivity index (χ3n) is 5.18. The van der Waals surface area contributed by atoms with Crippen LogP contribution in [0.1, 0.15) is 10.4 Å². The predicted molar refractivity (Wildman–Crippen MR) is 125 cm³/mol. The predicted octanol–water partition coefficient (Wildman–Crippen LogP) is 3.69. The van der Waals surface area contributed by atoms with Crippen molar-refractivity contribution in [2.24, 2.45) is 12.0 Å². The van der Waals surface area contributed by atoms with Gasteiger partial charge in [-0.05, 0) is 48.5 Å². The number of benzene rings is 3. The lowest BCUT2D eigenvalue weighted by atomic mass is 10.2. The molecule has 0 radical (unpaired) electrons. The second-order valence-electron chi connectivity index (χ2n) is 7.46. The molecule has 0 spiro atoms. The van der Waals surface area contributed by atoms with Crippen molar-refractivity contribution < 1.29 is 27.1 Å². The Morgan fingerprint density at radius 3 is 2.35 bits per heavy atom. The van der Waals surface area contributed by atoms with E-state index in [0.29, 0.717) is 35.1 Å². The molecule has 1 aliphatic rings. The fraction of sp³-hybridized carbons (Fsp3) is 0.130. The molecule has 0 fully saturated rings. The molecule has 11 heteroatoms. The van der Waals surface area contributed by atoms with Gasteiger partial charge in [0.25, 0.3) is 15.9 Å². The van der Waals surface area contributed by atoms with Crippen molar-refractivity contribution in [2.45, 2.75) is 4.90 Å². The summed E-state index contributed by atoms with van der Waals surface area (Å²) < 4.78 is 54.3. The van der Waals surface area contributed by atoms with Crippen molar-refractivity contribution >= 4 is 43.2 Å². The van der Waals surface area contributed by atoms with Gasteiger partial charge in [-0.25, -0.2) is 12.8 Å². The summed E-state index contributed by atoms with van der Waals surface area (Å²) in [5.41, 5.74) is 1.43. The first-order chi connectivity index (χ1) is 16.3. The SMILES string of the molecule is Cn1c(=NC(=O)c2ccc(NS(=O)(=O)c3ccc(F)cc3)cc2)sc2cc3c(cc21)OCCO3. The van der Waals surface area contributed by atoms with Crippen LogP contribution in [0.3, 0.4) is 0 Å². The van der Waals surface area contributed by atoms with Crippen molar-refractivity contribution in [3.63, 3.8) is 0 Å². The number of halogens is 1. The molecule has 3 aromatic carbocycles. The van der Waals surface area contributed by atoms with Crippen LogP contribution in [0.5, 0.6) is 11.5 Å². The lowest BCUT2D eigenvalue weighted by Gasteiger charge is -2.18. The number of carbonyl (C=O) groups is 1. The Hall–Kier alpha value is -3.70. The second-order valence-corrected chi connectivity index (χ2v) is 10.2. The minimum atomic E-state index is -3.89. The molecule has 0 unspecified atom stereocenters. The summed E-state index contributed by atoms with van der Waals surface area (Å²) in [7, 11) is -2.07. The van der Waals surface area contributed by atoms with Gasteiger partial charge in [0.05, 0.1) is 15.1 Å². The molecule has 5 rings (SSSR count). The molecule has 1 aliphatic heterocycles. The monoisotopic (exact) mass is 499 g/mol. The van der Waals surface area contributed by atoms with Crippen molar-refractivity contribution in [3.05, 3.63) is 76.8 Å². The highest BCUT2D eigenvalue weighted by atomic mass is 32.2. The maximum absolute atomic E-state index is 13.1. The minimum absolute atomic E-state index is 0.0706. The normalized spacial score (nSPS) is 13.8. The van der Waals surface area contributed by atoms with Gasteiger partial charge >= 0.3 is 0 Å². The zero-order valence-corrected chi connectivity index (χ0v) is 19.5. The van der Waals surface area contributed by atoms with Crippen LogP contribution in [-0.4, -0.2) is 32.1 Å². The maximum Gasteiger partial charge on any atom is 0.279 e. The number of amides is 1. The Morgan fingerprint density at radius 1 is 1.03 bits per heavy atom. The number of ether oxygens (including phenoxy) is 2. The zero-order chi connectivity index (χ0) is 23.9. The Labute approximate surface area is 198 Å². The van der Waals surface area contributed by atoms with Gasteiger partial charge < -0.3 is 14.0 Å². The molecular weight excluding hydrogens is 481 g/mol. The molecular formula is C23H18FN3O5S2. The first-order valence-electron chi connectivity index (χ1n) is 10.2. The van der Waals surface area contributed by atoms with E-state index in [0.717, 1.165) is 22.3 Å². The van der Waals surface area contributed by atoms with E-state index in [-0.39, 0.29) is 10.6 Å². The average Bonchev–Trinajstić information content (AvgIpc) is 3.12. The number of sulfonamides is 1. The van der Waals surface area contributed by atoms with Crippen LogP contribution in [0.4, 0.5) is 10.1 Å². The summed E-state index contributed by atoms with van der Waals surface area (Å²) in [6.45, 7) is 0.972. The Balaban J connectivity index is 1.38. The molecule has 4 aromatic rings. The quantitative estimate of drug-likeness (QED) is 0.462. The van der Waals surface area contributed by atoms with Crippen molar-refractivity contribution in [1.82, 2.24) is 4.57 Å². The molecule has 1 aromatic heterocycles. The van der Waals surface area contributed by atoms with Gasteiger partial charge in [0.2, 0.25) is 0 Å². The number of carbonyl (C=O) groups excluding carboxylic acids is 1. The van der Waals surface area contributed by atoms with Crippen molar-refractivity contribution in [1.29, 1.82) is 0 Å². The Kier molecular flexibility index (Phi) is 5.58. The summed E-state index contributed by atoms with van der Waals surface area (Å²) in [6.07, 6.45) is 0. The van der Waals surface area contributed by atoms with Crippen molar-refractivity contribution in [3.8, 4) is 11.5 Å². The molecule has 2 heterocycles. The van der Waals surface area contributed by atoms with E-state index in [4.69, 9.17) is 9.47 Å². The van der Waals surface area contributed by atoms with Crippen molar-refractivity contribution in [2.75, 3.05) is 17.9 Å². The molecule has 1 amide bonds. The highest BCUT2D eigenvalue weighted by Crippen LogP contribution is 2.35. The van der Waals surface area contributed by atoms with E-state index in [1.165, 1.54) is 47.7 Å². The van der Waals surface area contributed by atoms with Crippen LogP contribution in [0.2, 0.25) is 0 Å². The Bertz CT molecular complexity index is 1570. The Morgan fingerprint density at radius 2 is 1.68 bits per heavy atom. The smallest absolute Gasteiger partial charge is 0.279 e. The molecule has 0 aliphatic carbocycles. The minimum Gasteiger partial charge on any atom is -0.486 e. The first kappa shape index (κ1) is 22.1. The van der Waals surface area contributed by atoms with Crippen LogP contribution in [0.25, 0.3) is 10.2 Å². The lowest BCUT2D eigenvalue weighted by molar-refractivity contribution is 0.0998. The van der Waals surface area contributed by atoms with E-state index in [9.17, 15) is 17.6 Å². The topological polar surface area (TPSA) is 99.0 Å². The number of hydrogen-bond acceptors (Lipinski definition) is 6. The number of aromatic nitrogens is 1. The zero-order valence-electron chi connectivity index (χ0n) is 17.8. The third kappa shape index (κ3) is 4.27. The highest BCUT2D eigenvalue weighted by Gasteiger charge is 2.17. The standard InChI is InChI=1S/C23H18FN3O5S2/c1-27-18-12-19-20(32-11-10-31-19)13-21(18)33-23(27)25-22(28)14-2-6-16(7-3-14)26-34(29,30)17-8-4-15(24)5-9-17/h2-9,12-13,26H,10-11H2,1H3. The summed E-state index contributed by atoms with van der Waals surface area (Å²) in [5.74, 6) is 0.326. The van der Waals surface area contributed by atoms with E-state index < -0.39 is 21.7 Å². The summed E-state index contributed by atoms with van der Waals surface area (Å²) in [6, 6.07) is 14.1. The van der Waals surface area contributed by atoms with E-state index in [1.807, 2.05) is 19.2 Å². The van der Waals surface area contributed by atoms with Crippen LogP contribution in [0, 0.1) is 5.82 Å². The number of aryl methyl sites for hydroxylation is 1. The number of fused-ring (bicyclic) bond motifs is 2. The van der Waals surface area contributed by atoms with Crippen LogP contribution in [0.15, 0.2) is 70.6 Å². The molecule has 0 bridgehead atoms. The van der Waals surface area contributed by atoms with Gasteiger partial charge in [0, 0.05) is 30.4 Å². The van der Waals surface area contributed by atoms with E-state index >= 15 is 0 Å². The molecule has 34 heavy (non-hydrogen) atoms. The lowest BCUT2D eigenvalue weighted by Crippen LogP contribution is -2.16. The maximum atomic E-state index is 13.1. The molecule has 1 N–H and O–H groups in total. The molecule has 174 valence electrons. The fourth-order valence-electron chi connectivity index (χ4n) is 3.43. The molecule has 8 nitrogen and oxygen atoms in total. The molecule has 0 atom stereocenters. The third-order valence-corrected chi connectivity index (χ3v) is 7.67. The number of thiazole rings is 1. The summed E-state index contributed by atoms with van der Waals surface area (Å²) in [5, 5.41) is 0. The number of anilines is 1. The molecule has 0 saturated carbocycles. The van der Waals surface area contributed by atoms with Crippen LogP contribution >= 0.6 is 11.3 Å². The fourth-order valence-corrected chi connectivity index (χ4v) is 5.52. The second kappa shape index (κ2) is 8.58. The summed E-state index contributed by atoms with van der Waals surface area (Å²) >= 11 is 1.35. The van der Waals surface area contributed by atoms with Gasteiger partial charge in [-0.15, -0.1) is 0 Å². The number of hydrogen-bond donors (Lipinski definition) is 1. The number of nitrogens with one attached hydrogen (secondary N) is 1. The van der Waals surface area contributed by atoms with Gasteiger partial charge in [-0.3, -0.25) is 9.52 Å². The number of rotatable bonds is 4. The van der Waals surface area contributed by atoms with Gasteiger partial charge in [-0.1, -0.05) is 11.3 Å². The van der Waals surface area contributed by atoms with Gasteiger partial charge in [0.15, 0.2) is 16.3 Å². The van der Waals surface area contributed by atoms with Crippen LogP contribution < -0.4 is 19.0 Å². The molecule has 0 saturated heterocycles. The van der Waals surface area contributed by atoms with Gasteiger partial charge in [-0.2, -0.15) is 4.99 Å². The highest BCUT2D eigenvalue weighted by molar-refractivity contribution is 7.92. The number of nitrogens with zero attached hydrogens (tertiary/aromatic N) is 2. The average molecular weight is 500 g/mol. The first-order valence-corrected chi connectivity index (χ1v) is 12.5. The van der Waals surface area contributed by atoms with Gasteiger partial charge in [0.1, 0.15) is 19.0 Å². The summed E-state index contributed by atoms with van der Waals surface area (Å²) in [4.78, 5) is 17.4. The van der Waals surface area contributed by atoms with Crippen LogP contribution in [-0.2, 0) is 17.1 Å².